The Balaban J connectivity index is 1.64. The van der Waals surface area contributed by atoms with Crippen LogP contribution < -0.4 is 15.0 Å². The SMILES string of the molecule is Cc1cc(OC2CCCC2)c2c(n1)N(c1ccccc1)C(Nc1ccccc1)=CC(=O)C2. The van der Waals surface area contributed by atoms with Gasteiger partial charge in [0, 0.05) is 41.2 Å². The Morgan fingerprint density at radius 1 is 1.00 bits per heavy atom. The van der Waals surface area contributed by atoms with Gasteiger partial charge in [-0.15, -0.1) is 0 Å². The molecule has 32 heavy (non-hydrogen) atoms. The van der Waals surface area contributed by atoms with Crippen LogP contribution in [0.2, 0.25) is 0 Å². The lowest BCUT2D eigenvalue weighted by Gasteiger charge is -2.29. The molecule has 1 N–H and O–H groups in total. The standard InChI is InChI=1S/C27H27N3O2/c1-19-16-25(32-23-14-8-9-15-23)24-17-22(31)18-26(29-20-10-4-2-5-11-20)30(27(24)28-19)21-12-6-3-7-13-21/h2-7,10-13,16,18,23,29H,8-9,14-15,17H2,1H3. The highest BCUT2D eigenvalue weighted by molar-refractivity contribution is 5.97. The molecule has 0 saturated heterocycles. The van der Waals surface area contributed by atoms with E-state index >= 15 is 0 Å². The molecule has 2 aromatic carbocycles. The second-order valence-electron chi connectivity index (χ2n) is 8.42. The number of rotatable bonds is 5. The van der Waals surface area contributed by atoms with Gasteiger partial charge in [0.15, 0.2) is 5.78 Å². The predicted molar refractivity (Wildman–Crippen MR) is 127 cm³/mol. The Kier molecular flexibility index (Phi) is 5.63. The molecule has 1 aliphatic carbocycles. The number of pyridine rings is 1. The average Bonchev–Trinajstić information content (AvgIpc) is 3.26. The van der Waals surface area contributed by atoms with E-state index in [9.17, 15) is 4.79 Å². The molecule has 1 aliphatic heterocycles. The summed E-state index contributed by atoms with van der Waals surface area (Å²) in [7, 11) is 0. The first-order chi connectivity index (χ1) is 15.7. The van der Waals surface area contributed by atoms with Crippen LogP contribution in [0.25, 0.3) is 0 Å². The maximum absolute atomic E-state index is 13.1. The van der Waals surface area contributed by atoms with Gasteiger partial charge < -0.3 is 10.1 Å². The molecule has 0 spiro atoms. The summed E-state index contributed by atoms with van der Waals surface area (Å²) in [5.41, 5.74) is 3.55. The number of ether oxygens (including phenoxy) is 1. The Bertz CT molecular complexity index is 1140. The monoisotopic (exact) mass is 425 g/mol. The zero-order valence-corrected chi connectivity index (χ0v) is 18.3. The topological polar surface area (TPSA) is 54.5 Å². The number of carbonyl (C=O) groups is 1. The van der Waals surface area contributed by atoms with Crippen molar-refractivity contribution in [2.45, 2.75) is 45.1 Å². The van der Waals surface area contributed by atoms with Gasteiger partial charge in [0.1, 0.15) is 17.4 Å². The van der Waals surface area contributed by atoms with E-state index in [2.05, 4.69) is 5.32 Å². The lowest BCUT2D eigenvalue weighted by molar-refractivity contribution is -0.114. The normalized spacial score (nSPS) is 16.3. The molecule has 0 amide bonds. The lowest BCUT2D eigenvalue weighted by atomic mass is 10.1. The van der Waals surface area contributed by atoms with Crippen molar-refractivity contribution in [2.24, 2.45) is 0 Å². The number of allylic oxidation sites excluding steroid dienone is 1. The lowest BCUT2D eigenvalue weighted by Crippen LogP contribution is -2.24. The number of nitrogens with one attached hydrogen (secondary N) is 1. The quantitative estimate of drug-likeness (QED) is 0.549. The van der Waals surface area contributed by atoms with Crippen LogP contribution in [0.5, 0.6) is 5.75 Å². The van der Waals surface area contributed by atoms with E-state index < -0.39 is 0 Å². The van der Waals surface area contributed by atoms with E-state index in [-0.39, 0.29) is 18.3 Å². The molecular formula is C27H27N3O2. The zero-order chi connectivity index (χ0) is 21.9. The van der Waals surface area contributed by atoms with E-state index in [4.69, 9.17) is 9.72 Å². The van der Waals surface area contributed by atoms with E-state index in [1.807, 2.05) is 78.6 Å². The number of hydrogen-bond acceptors (Lipinski definition) is 5. The van der Waals surface area contributed by atoms with Crippen molar-refractivity contribution in [3.63, 3.8) is 0 Å². The van der Waals surface area contributed by atoms with Crippen molar-refractivity contribution in [2.75, 3.05) is 10.2 Å². The van der Waals surface area contributed by atoms with E-state index in [1.54, 1.807) is 6.08 Å². The summed E-state index contributed by atoms with van der Waals surface area (Å²) in [4.78, 5) is 20.0. The smallest absolute Gasteiger partial charge is 0.163 e. The summed E-state index contributed by atoms with van der Waals surface area (Å²) in [5.74, 6) is 2.22. The van der Waals surface area contributed by atoms with Crippen LogP contribution in [-0.2, 0) is 11.2 Å². The van der Waals surface area contributed by atoms with Gasteiger partial charge in [-0.2, -0.15) is 0 Å². The molecule has 1 fully saturated rings. The highest BCUT2D eigenvalue weighted by Gasteiger charge is 2.29. The maximum atomic E-state index is 13.1. The molecule has 5 nitrogen and oxygen atoms in total. The molecule has 5 heteroatoms. The van der Waals surface area contributed by atoms with Gasteiger partial charge in [-0.3, -0.25) is 9.69 Å². The molecule has 1 aromatic heterocycles. The van der Waals surface area contributed by atoms with Crippen LogP contribution in [0.15, 0.2) is 78.6 Å². The van der Waals surface area contributed by atoms with Gasteiger partial charge >= 0.3 is 0 Å². The minimum atomic E-state index is 0.0186. The van der Waals surface area contributed by atoms with Crippen LogP contribution >= 0.6 is 0 Å². The fourth-order valence-corrected chi connectivity index (χ4v) is 4.45. The third kappa shape index (κ3) is 4.24. The van der Waals surface area contributed by atoms with Crippen LogP contribution in [0.4, 0.5) is 17.2 Å². The van der Waals surface area contributed by atoms with Crippen molar-refractivity contribution in [1.29, 1.82) is 0 Å². The number of aryl methyl sites for hydroxylation is 1. The van der Waals surface area contributed by atoms with Gasteiger partial charge in [0.2, 0.25) is 0 Å². The molecule has 0 bridgehead atoms. The van der Waals surface area contributed by atoms with Crippen molar-refractivity contribution >= 4 is 23.0 Å². The number of benzene rings is 2. The highest BCUT2D eigenvalue weighted by Crippen LogP contribution is 2.39. The molecule has 0 atom stereocenters. The number of carbonyl (C=O) groups excluding carboxylic acids is 1. The minimum Gasteiger partial charge on any atom is -0.490 e. The van der Waals surface area contributed by atoms with Crippen LogP contribution in [0.3, 0.4) is 0 Å². The van der Waals surface area contributed by atoms with Gasteiger partial charge in [0.05, 0.1) is 6.10 Å². The summed E-state index contributed by atoms with van der Waals surface area (Å²) < 4.78 is 6.43. The van der Waals surface area contributed by atoms with Crippen molar-refractivity contribution < 1.29 is 9.53 Å². The van der Waals surface area contributed by atoms with E-state index in [1.165, 1.54) is 12.8 Å². The summed E-state index contributed by atoms with van der Waals surface area (Å²) >= 11 is 0. The minimum absolute atomic E-state index is 0.0186. The fraction of sp³-hybridized carbons (Fsp3) is 0.259. The Hall–Kier alpha value is -3.60. The van der Waals surface area contributed by atoms with Crippen LogP contribution in [-0.4, -0.2) is 16.9 Å². The highest BCUT2D eigenvalue weighted by atomic mass is 16.5. The average molecular weight is 426 g/mol. The van der Waals surface area contributed by atoms with Crippen LogP contribution in [0.1, 0.15) is 36.9 Å². The number of para-hydroxylation sites is 2. The van der Waals surface area contributed by atoms with Crippen LogP contribution in [0, 0.1) is 6.92 Å². The molecule has 3 aromatic rings. The molecule has 5 rings (SSSR count). The van der Waals surface area contributed by atoms with Gasteiger partial charge in [-0.05, 0) is 56.9 Å². The number of aromatic nitrogens is 1. The van der Waals surface area contributed by atoms with Crippen molar-refractivity contribution in [3.8, 4) is 5.75 Å². The maximum Gasteiger partial charge on any atom is 0.163 e. The number of anilines is 3. The number of hydrogen-bond donors (Lipinski definition) is 1. The third-order valence-electron chi connectivity index (χ3n) is 5.95. The molecule has 0 radical (unpaired) electrons. The molecule has 0 unspecified atom stereocenters. The molecular weight excluding hydrogens is 398 g/mol. The molecule has 2 heterocycles. The first-order valence-electron chi connectivity index (χ1n) is 11.3. The Morgan fingerprint density at radius 3 is 2.41 bits per heavy atom. The summed E-state index contributed by atoms with van der Waals surface area (Å²) in [5, 5.41) is 3.44. The number of fused-ring (bicyclic) bond motifs is 1. The van der Waals surface area contributed by atoms with Gasteiger partial charge in [-0.1, -0.05) is 36.4 Å². The van der Waals surface area contributed by atoms with E-state index in [0.29, 0.717) is 5.82 Å². The van der Waals surface area contributed by atoms with Crippen molar-refractivity contribution in [1.82, 2.24) is 4.98 Å². The van der Waals surface area contributed by atoms with Crippen molar-refractivity contribution in [3.05, 3.63) is 89.9 Å². The Labute approximate surface area is 188 Å². The number of nitrogens with zero attached hydrogens (tertiary/aromatic N) is 2. The first kappa shape index (κ1) is 20.3. The van der Waals surface area contributed by atoms with Gasteiger partial charge in [-0.25, -0.2) is 4.98 Å². The van der Waals surface area contributed by atoms with E-state index in [0.717, 1.165) is 47.0 Å². The summed E-state index contributed by atoms with van der Waals surface area (Å²) in [6, 6.07) is 21.9. The zero-order valence-electron chi connectivity index (χ0n) is 18.3. The molecule has 162 valence electrons. The number of ketones is 1. The second-order valence-corrected chi connectivity index (χ2v) is 8.42. The van der Waals surface area contributed by atoms with Gasteiger partial charge in [0.25, 0.3) is 0 Å². The summed E-state index contributed by atoms with van der Waals surface area (Å²) in [6.45, 7) is 1.98. The summed E-state index contributed by atoms with van der Waals surface area (Å²) in [6.07, 6.45) is 6.65. The largest absolute Gasteiger partial charge is 0.490 e. The molecule has 1 saturated carbocycles. The second kappa shape index (κ2) is 8.87. The predicted octanol–water partition coefficient (Wildman–Crippen LogP) is 5.93. The first-order valence-corrected chi connectivity index (χ1v) is 11.3. The fourth-order valence-electron chi connectivity index (χ4n) is 4.45. The molecule has 2 aliphatic rings. The third-order valence-corrected chi connectivity index (χ3v) is 5.95. The Morgan fingerprint density at radius 2 is 1.69 bits per heavy atom.